The summed E-state index contributed by atoms with van der Waals surface area (Å²) in [6, 6.07) is 8.56. The highest BCUT2D eigenvalue weighted by Gasteiger charge is 2.34. The summed E-state index contributed by atoms with van der Waals surface area (Å²) in [4.78, 5) is 12.0. The van der Waals surface area contributed by atoms with E-state index in [0.29, 0.717) is 5.25 Å². The normalized spacial score (nSPS) is 15.3. The molecule has 1 N–H and O–H groups in total. The number of carbonyl (C=O) groups excluding carboxylic acids is 1. The number of likely N-dealkylation sites (N-methyl/N-ethyl adjacent to an activating group) is 1. The Labute approximate surface area is 132 Å². The first kappa shape index (κ1) is 18.1. The molecule has 0 spiro atoms. The summed E-state index contributed by atoms with van der Waals surface area (Å²) in [6.45, 7) is 8.95. The Hall–Kier alpha value is -1.00. The number of nitrogens with one attached hydrogen (secondary N) is 1. The van der Waals surface area contributed by atoms with Gasteiger partial charge in [0, 0.05) is 11.0 Å². The van der Waals surface area contributed by atoms with Crippen molar-refractivity contribution in [2.24, 2.45) is 0 Å². The number of ether oxygens (including phenoxy) is 1. The largest absolute Gasteiger partial charge is 0.468 e. The van der Waals surface area contributed by atoms with Gasteiger partial charge < -0.3 is 10.1 Å². The number of hydrogen-bond acceptors (Lipinski definition) is 4. The lowest BCUT2D eigenvalue weighted by Crippen LogP contribution is -2.51. The van der Waals surface area contributed by atoms with E-state index < -0.39 is 5.54 Å². The molecule has 0 saturated carbocycles. The second-order valence-electron chi connectivity index (χ2n) is 5.67. The first-order valence-corrected chi connectivity index (χ1v) is 8.46. The molecule has 2 atom stereocenters. The van der Waals surface area contributed by atoms with Gasteiger partial charge in [0.25, 0.3) is 0 Å². The molecule has 0 aromatic heterocycles. The van der Waals surface area contributed by atoms with Crippen LogP contribution in [0.15, 0.2) is 24.3 Å². The molecule has 4 heteroatoms. The molecule has 0 fully saturated rings. The van der Waals surface area contributed by atoms with Gasteiger partial charge in [-0.25, -0.2) is 0 Å². The number of carbonyl (C=O) groups is 1. The van der Waals surface area contributed by atoms with Crippen LogP contribution >= 0.6 is 11.8 Å². The summed E-state index contributed by atoms with van der Waals surface area (Å²) < 4.78 is 4.94. The van der Waals surface area contributed by atoms with Crippen LogP contribution in [-0.4, -0.2) is 30.4 Å². The van der Waals surface area contributed by atoms with E-state index in [-0.39, 0.29) is 5.97 Å². The molecule has 2 unspecified atom stereocenters. The van der Waals surface area contributed by atoms with Gasteiger partial charge in [0.2, 0.25) is 0 Å². The first-order valence-electron chi connectivity index (χ1n) is 7.42. The van der Waals surface area contributed by atoms with Crippen LogP contribution in [0.5, 0.6) is 0 Å². The Balaban J connectivity index is 2.58. The number of rotatable bonds is 8. The number of aryl methyl sites for hydroxylation is 1. The second kappa shape index (κ2) is 8.44. The highest BCUT2D eigenvalue weighted by Crippen LogP contribution is 2.26. The fourth-order valence-electron chi connectivity index (χ4n) is 2.52. The summed E-state index contributed by atoms with van der Waals surface area (Å²) in [6.07, 6.45) is 0.754. The smallest absolute Gasteiger partial charge is 0.325 e. The van der Waals surface area contributed by atoms with Crippen LogP contribution in [-0.2, 0) is 15.3 Å². The number of esters is 1. The number of hydrogen-bond donors (Lipinski definition) is 1. The molecule has 1 aromatic rings. The number of methoxy groups -OCH3 is 1. The molecule has 1 aromatic carbocycles. The molecule has 0 aliphatic heterocycles. The number of benzene rings is 1. The topological polar surface area (TPSA) is 38.3 Å². The molecule has 0 saturated heterocycles. The van der Waals surface area contributed by atoms with Crippen LogP contribution in [0.2, 0.25) is 0 Å². The summed E-state index contributed by atoms with van der Waals surface area (Å²) in [5.41, 5.74) is 2.01. The Kier molecular flexibility index (Phi) is 7.26. The highest BCUT2D eigenvalue weighted by atomic mass is 32.2. The van der Waals surface area contributed by atoms with E-state index in [2.05, 4.69) is 43.4 Å². The van der Waals surface area contributed by atoms with Gasteiger partial charge in [0.05, 0.1) is 7.11 Å². The predicted molar refractivity (Wildman–Crippen MR) is 90.7 cm³/mol. The van der Waals surface area contributed by atoms with Crippen molar-refractivity contribution in [3.05, 3.63) is 35.4 Å². The Morgan fingerprint density at radius 3 is 2.76 bits per heavy atom. The van der Waals surface area contributed by atoms with Gasteiger partial charge in [-0.3, -0.25) is 4.79 Å². The van der Waals surface area contributed by atoms with Crippen molar-refractivity contribution in [2.45, 2.75) is 50.7 Å². The maximum Gasteiger partial charge on any atom is 0.325 e. The minimum Gasteiger partial charge on any atom is -0.468 e. The van der Waals surface area contributed by atoms with E-state index in [1.54, 1.807) is 0 Å². The second-order valence-corrected chi connectivity index (χ2v) is 7.10. The Morgan fingerprint density at radius 1 is 1.48 bits per heavy atom. The molecule has 0 aliphatic carbocycles. The van der Waals surface area contributed by atoms with Gasteiger partial charge in [0.15, 0.2) is 0 Å². The SMILES string of the molecule is CCNC(C)(CC(C)SCc1cccc(C)c1)C(=O)OC. The van der Waals surface area contributed by atoms with E-state index in [0.717, 1.165) is 18.7 Å². The van der Waals surface area contributed by atoms with Crippen LogP contribution in [0, 0.1) is 6.92 Å². The predicted octanol–water partition coefficient (Wildman–Crippen LogP) is 3.55. The summed E-state index contributed by atoms with van der Waals surface area (Å²) >= 11 is 1.87. The van der Waals surface area contributed by atoms with E-state index in [4.69, 9.17) is 4.74 Å². The minimum atomic E-state index is -0.609. The molecule has 0 amide bonds. The lowest BCUT2D eigenvalue weighted by molar-refractivity contribution is -0.148. The standard InChI is InChI=1S/C17H27NO2S/c1-6-18-17(4,16(19)20-5)11-14(3)21-12-15-9-7-8-13(2)10-15/h7-10,14,18H,6,11-12H2,1-5H3. The van der Waals surface area contributed by atoms with Crippen molar-refractivity contribution in [3.8, 4) is 0 Å². The van der Waals surface area contributed by atoms with Crippen molar-refractivity contribution < 1.29 is 9.53 Å². The lowest BCUT2D eigenvalue weighted by atomic mass is 9.96. The van der Waals surface area contributed by atoms with Crippen LogP contribution < -0.4 is 5.32 Å². The quantitative estimate of drug-likeness (QED) is 0.745. The zero-order valence-electron chi connectivity index (χ0n) is 13.7. The molecular formula is C17H27NO2S. The first-order chi connectivity index (χ1) is 9.91. The zero-order chi connectivity index (χ0) is 15.9. The van der Waals surface area contributed by atoms with Crippen molar-refractivity contribution in [1.29, 1.82) is 0 Å². The summed E-state index contributed by atoms with van der Waals surface area (Å²) in [5, 5.41) is 3.63. The van der Waals surface area contributed by atoms with Crippen LogP contribution in [0.25, 0.3) is 0 Å². The van der Waals surface area contributed by atoms with Gasteiger partial charge in [0.1, 0.15) is 5.54 Å². The molecule has 0 bridgehead atoms. The average molecular weight is 309 g/mol. The Bertz CT molecular complexity index is 464. The monoisotopic (exact) mass is 309 g/mol. The van der Waals surface area contributed by atoms with E-state index in [1.807, 2.05) is 25.6 Å². The molecule has 21 heavy (non-hydrogen) atoms. The molecule has 0 aliphatic rings. The molecule has 0 radical (unpaired) electrons. The van der Waals surface area contributed by atoms with Gasteiger partial charge in [-0.1, -0.05) is 43.7 Å². The van der Waals surface area contributed by atoms with Crippen LogP contribution in [0.3, 0.4) is 0 Å². The molecule has 3 nitrogen and oxygen atoms in total. The lowest BCUT2D eigenvalue weighted by Gasteiger charge is -2.30. The third-order valence-electron chi connectivity index (χ3n) is 3.52. The van der Waals surface area contributed by atoms with Gasteiger partial charge in [-0.05, 0) is 32.4 Å². The zero-order valence-corrected chi connectivity index (χ0v) is 14.5. The van der Waals surface area contributed by atoms with Crippen molar-refractivity contribution in [2.75, 3.05) is 13.7 Å². The van der Waals surface area contributed by atoms with Gasteiger partial charge in [-0.15, -0.1) is 0 Å². The fraction of sp³-hybridized carbons (Fsp3) is 0.588. The number of thioether (sulfide) groups is 1. The van der Waals surface area contributed by atoms with Gasteiger partial charge >= 0.3 is 5.97 Å². The fourth-order valence-corrected chi connectivity index (χ4v) is 3.63. The minimum absolute atomic E-state index is 0.188. The van der Waals surface area contributed by atoms with Crippen LogP contribution in [0.1, 0.15) is 38.3 Å². The molecular weight excluding hydrogens is 282 g/mol. The molecule has 0 heterocycles. The van der Waals surface area contributed by atoms with E-state index in [1.165, 1.54) is 18.2 Å². The molecule has 118 valence electrons. The summed E-state index contributed by atoms with van der Waals surface area (Å²) in [5.74, 6) is 0.777. The third-order valence-corrected chi connectivity index (χ3v) is 4.75. The highest BCUT2D eigenvalue weighted by molar-refractivity contribution is 7.99. The Morgan fingerprint density at radius 2 is 2.19 bits per heavy atom. The van der Waals surface area contributed by atoms with Crippen molar-refractivity contribution in [3.63, 3.8) is 0 Å². The van der Waals surface area contributed by atoms with Crippen molar-refractivity contribution >= 4 is 17.7 Å². The summed E-state index contributed by atoms with van der Waals surface area (Å²) in [7, 11) is 1.45. The van der Waals surface area contributed by atoms with Crippen molar-refractivity contribution in [1.82, 2.24) is 5.32 Å². The van der Waals surface area contributed by atoms with Crippen LogP contribution in [0.4, 0.5) is 0 Å². The maximum absolute atomic E-state index is 12.0. The van der Waals surface area contributed by atoms with E-state index in [9.17, 15) is 4.79 Å². The van der Waals surface area contributed by atoms with Gasteiger partial charge in [-0.2, -0.15) is 11.8 Å². The average Bonchev–Trinajstić information content (AvgIpc) is 2.44. The maximum atomic E-state index is 12.0. The van der Waals surface area contributed by atoms with E-state index >= 15 is 0 Å². The molecule has 1 rings (SSSR count). The third kappa shape index (κ3) is 5.71.